The SMILES string of the molecule is CCC(C#N)OCCSC. The van der Waals surface area contributed by atoms with Crippen LogP contribution in [0.25, 0.3) is 0 Å². The minimum Gasteiger partial charge on any atom is -0.362 e. The summed E-state index contributed by atoms with van der Waals surface area (Å²) in [5.41, 5.74) is 0. The van der Waals surface area contributed by atoms with Crippen molar-refractivity contribution in [1.82, 2.24) is 0 Å². The average Bonchev–Trinajstić information content (AvgIpc) is 1.99. The van der Waals surface area contributed by atoms with E-state index >= 15 is 0 Å². The van der Waals surface area contributed by atoms with Crippen molar-refractivity contribution < 1.29 is 4.74 Å². The Morgan fingerprint density at radius 2 is 2.40 bits per heavy atom. The molecule has 0 amide bonds. The molecule has 0 radical (unpaired) electrons. The van der Waals surface area contributed by atoms with Crippen LogP contribution in [0, 0.1) is 11.3 Å². The van der Waals surface area contributed by atoms with Gasteiger partial charge in [-0.1, -0.05) is 6.92 Å². The number of ether oxygens (including phenoxy) is 1. The molecule has 0 aliphatic rings. The molecule has 0 spiro atoms. The molecule has 0 rings (SSSR count). The lowest BCUT2D eigenvalue weighted by Gasteiger charge is -2.05. The van der Waals surface area contributed by atoms with Crippen molar-refractivity contribution in [3.05, 3.63) is 0 Å². The van der Waals surface area contributed by atoms with Crippen molar-refractivity contribution in [3.63, 3.8) is 0 Å². The largest absolute Gasteiger partial charge is 0.362 e. The average molecular weight is 159 g/mol. The Bertz CT molecular complexity index is 111. The molecule has 1 unspecified atom stereocenters. The third kappa shape index (κ3) is 4.66. The second-order valence-electron chi connectivity index (χ2n) is 1.89. The van der Waals surface area contributed by atoms with E-state index in [4.69, 9.17) is 10.00 Å². The van der Waals surface area contributed by atoms with Gasteiger partial charge in [-0.05, 0) is 12.7 Å². The molecule has 0 fully saturated rings. The van der Waals surface area contributed by atoms with Crippen LogP contribution in [0.2, 0.25) is 0 Å². The Morgan fingerprint density at radius 1 is 1.70 bits per heavy atom. The highest BCUT2D eigenvalue weighted by atomic mass is 32.2. The molecule has 3 heteroatoms. The van der Waals surface area contributed by atoms with Crippen LogP contribution in [-0.4, -0.2) is 24.7 Å². The highest BCUT2D eigenvalue weighted by Gasteiger charge is 2.01. The fraction of sp³-hybridized carbons (Fsp3) is 0.857. The summed E-state index contributed by atoms with van der Waals surface area (Å²) in [5.74, 6) is 0.970. The normalized spacial score (nSPS) is 12.5. The molecule has 10 heavy (non-hydrogen) atoms. The molecular formula is C7H13NOS. The van der Waals surface area contributed by atoms with Crippen molar-refractivity contribution >= 4 is 11.8 Å². The topological polar surface area (TPSA) is 33.0 Å². The van der Waals surface area contributed by atoms with Gasteiger partial charge in [-0.2, -0.15) is 17.0 Å². The van der Waals surface area contributed by atoms with E-state index in [1.165, 1.54) is 0 Å². The molecule has 0 saturated heterocycles. The molecule has 0 aromatic heterocycles. The summed E-state index contributed by atoms with van der Waals surface area (Å²) in [6, 6.07) is 2.08. The smallest absolute Gasteiger partial charge is 0.143 e. The van der Waals surface area contributed by atoms with E-state index in [9.17, 15) is 0 Å². The summed E-state index contributed by atoms with van der Waals surface area (Å²) >= 11 is 1.73. The zero-order chi connectivity index (χ0) is 7.82. The van der Waals surface area contributed by atoms with Gasteiger partial charge >= 0.3 is 0 Å². The second-order valence-corrected chi connectivity index (χ2v) is 2.88. The van der Waals surface area contributed by atoms with Gasteiger partial charge in [0.15, 0.2) is 0 Å². The van der Waals surface area contributed by atoms with Gasteiger partial charge in [0, 0.05) is 5.75 Å². The Morgan fingerprint density at radius 3 is 2.80 bits per heavy atom. The van der Waals surface area contributed by atoms with Crippen LogP contribution in [0.15, 0.2) is 0 Å². The summed E-state index contributed by atoms with van der Waals surface area (Å²) in [6.45, 7) is 2.64. The predicted octanol–water partition coefficient (Wildman–Crippen LogP) is 1.67. The van der Waals surface area contributed by atoms with Crippen LogP contribution in [0.5, 0.6) is 0 Å². The fourth-order valence-electron chi connectivity index (χ4n) is 0.520. The summed E-state index contributed by atoms with van der Waals surface area (Å²) in [7, 11) is 0. The molecule has 1 atom stereocenters. The lowest BCUT2D eigenvalue weighted by molar-refractivity contribution is 0.101. The van der Waals surface area contributed by atoms with Gasteiger partial charge in [0.1, 0.15) is 6.10 Å². The molecule has 0 aromatic carbocycles. The number of hydrogen-bond donors (Lipinski definition) is 0. The van der Waals surface area contributed by atoms with Crippen molar-refractivity contribution in [2.75, 3.05) is 18.6 Å². The third-order valence-corrected chi connectivity index (χ3v) is 1.70. The summed E-state index contributed by atoms with van der Waals surface area (Å²) in [5, 5.41) is 8.44. The molecule has 58 valence electrons. The first-order valence-electron chi connectivity index (χ1n) is 3.35. The maximum Gasteiger partial charge on any atom is 0.143 e. The fourth-order valence-corrected chi connectivity index (χ4v) is 0.783. The lowest BCUT2D eigenvalue weighted by Crippen LogP contribution is -2.10. The number of thioether (sulfide) groups is 1. The highest BCUT2D eigenvalue weighted by molar-refractivity contribution is 7.98. The van der Waals surface area contributed by atoms with Crippen LogP contribution in [0.4, 0.5) is 0 Å². The van der Waals surface area contributed by atoms with Crippen LogP contribution in [0.1, 0.15) is 13.3 Å². The summed E-state index contributed by atoms with van der Waals surface area (Å²) < 4.78 is 5.20. The van der Waals surface area contributed by atoms with E-state index in [0.717, 1.165) is 12.2 Å². The van der Waals surface area contributed by atoms with Crippen molar-refractivity contribution in [1.29, 1.82) is 5.26 Å². The minimum absolute atomic E-state index is 0.202. The Labute approximate surface area is 66.6 Å². The van der Waals surface area contributed by atoms with Gasteiger partial charge < -0.3 is 4.74 Å². The maximum atomic E-state index is 8.44. The van der Waals surface area contributed by atoms with Gasteiger partial charge in [-0.3, -0.25) is 0 Å². The van der Waals surface area contributed by atoms with Crippen LogP contribution < -0.4 is 0 Å². The van der Waals surface area contributed by atoms with Crippen molar-refractivity contribution in [2.45, 2.75) is 19.4 Å². The molecule has 0 bridgehead atoms. The van der Waals surface area contributed by atoms with E-state index < -0.39 is 0 Å². The van der Waals surface area contributed by atoms with E-state index in [1.807, 2.05) is 13.2 Å². The summed E-state index contributed by atoms with van der Waals surface area (Å²) in [6.07, 6.45) is 2.61. The Kier molecular flexibility index (Phi) is 6.78. The molecule has 0 heterocycles. The molecule has 0 aromatic rings. The van der Waals surface area contributed by atoms with Gasteiger partial charge in [0.25, 0.3) is 0 Å². The van der Waals surface area contributed by atoms with Crippen molar-refractivity contribution in [3.8, 4) is 6.07 Å². The zero-order valence-corrected chi connectivity index (χ0v) is 7.28. The zero-order valence-electron chi connectivity index (χ0n) is 6.46. The number of nitriles is 1. The molecular weight excluding hydrogens is 146 g/mol. The van der Waals surface area contributed by atoms with Crippen molar-refractivity contribution in [2.24, 2.45) is 0 Å². The molecule has 0 N–H and O–H groups in total. The first-order valence-corrected chi connectivity index (χ1v) is 4.74. The van der Waals surface area contributed by atoms with E-state index in [0.29, 0.717) is 6.61 Å². The molecule has 2 nitrogen and oxygen atoms in total. The molecule has 0 saturated carbocycles. The number of hydrogen-bond acceptors (Lipinski definition) is 3. The Hall–Kier alpha value is -0.200. The number of rotatable bonds is 5. The molecule has 0 aliphatic carbocycles. The Balaban J connectivity index is 3.20. The van der Waals surface area contributed by atoms with Gasteiger partial charge in [0.2, 0.25) is 0 Å². The third-order valence-electron chi connectivity index (χ3n) is 1.12. The van der Waals surface area contributed by atoms with Crippen LogP contribution >= 0.6 is 11.8 Å². The molecule has 0 aliphatic heterocycles. The maximum absolute atomic E-state index is 8.44. The van der Waals surface area contributed by atoms with Crippen LogP contribution in [-0.2, 0) is 4.74 Å². The first kappa shape index (κ1) is 9.80. The van der Waals surface area contributed by atoms with Gasteiger partial charge in [-0.25, -0.2) is 0 Å². The van der Waals surface area contributed by atoms with Gasteiger partial charge in [-0.15, -0.1) is 0 Å². The van der Waals surface area contributed by atoms with E-state index in [-0.39, 0.29) is 6.10 Å². The minimum atomic E-state index is -0.202. The van der Waals surface area contributed by atoms with Crippen LogP contribution in [0.3, 0.4) is 0 Å². The predicted molar refractivity (Wildman–Crippen MR) is 44.0 cm³/mol. The quantitative estimate of drug-likeness (QED) is 0.572. The first-order chi connectivity index (χ1) is 4.85. The standard InChI is InChI=1S/C7H13NOS/c1-3-7(6-8)9-4-5-10-2/h7H,3-5H2,1-2H3. The summed E-state index contributed by atoms with van der Waals surface area (Å²) in [4.78, 5) is 0. The van der Waals surface area contributed by atoms with Gasteiger partial charge in [0.05, 0.1) is 12.7 Å². The lowest BCUT2D eigenvalue weighted by atomic mass is 10.3. The highest BCUT2D eigenvalue weighted by Crippen LogP contribution is 1.98. The van der Waals surface area contributed by atoms with E-state index in [2.05, 4.69) is 6.07 Å². The number of nitrogens with zero attached hydrogens (tertiary/aromatic N) is 1. The second kappa shape index (κ2) is 6.91. The van der Waals surface area contributed by atoms with E-state index in [1.54, 1.807) is 11.8 Å². The monoisotopic (exact) mass is 159 g/mol.